The summed E-state index contributed by atoms with van der Waals surface area (Å²) in [6.07, 6.45) is 1.52. The summed E-state index contributed by atoms with van der Waals surface area (Å²) in [5.41, 5.74) is 0.909. The third kappa shape index (κ3) is 2.51. The zero-order chi connectivity index (χ0) is 13.1. The molecule has 0 atom stereocenters. The molecule has 1 aromatic heterocycles. The molecule has 2 rings (SSSR count). The molecule has 0 unspecified atom stereocenters. The Balaban J connectivity index is 2.22. The number of anilines is 1. The predicted octanol–water partition coefficient (Wildman–Crippen LogP) is 2.61. The first-order chi connectivity index (χ1) is 8.58. The van der Waals surface area contributed by atoms with Crippen LogP contribution in [0.25, 0.3) is 0 Å². The number of nitrogens with zero attached hydrogens (tertiary/aromatic N) is 2. The van der Waals surface area contributed by atoms with E-state index in [-0.39, 0.29) is 11.6 Å². The number of aryl methyl sites for hydroxylation is 1. The number of amides is 1. The molecule has 92 valence electrons. The summed E-state index contributed by atoms with van der Waals surface area (Å²) in [6, 6.07) is 4.55. The highest BCUT2D eigenvalue weighted by Crippen LogP contribution is 2.22. The van der Waals surface area contributed by atoms with Gasteiger partial charge in [-0.3, -0.25) is 14.9 Å². The Morgan fingerprint density at radius 1 is 1.50 bits per heavy atom. The van der Waals surface area contributed by atoms with E-state index in [1.807, 2.05) is 0 Å². The van der Waals surface area contributed by atoms with Crippen LogP contribution >= 0.6 is 11.3 Å². The van der Waals surface area contributed by atoms with Gasteiger partial charge in [-0.15, -0.1) is 11.3 Å². The molecule has 0 aliphatic carbocycles. The van der Waals surface area contributed by atoms with Crippen molar-refractivity contribution in [2.24, 2.45) is 0 Å². The smallest absolute Gasteiger partial charge is 0.284 e. The maximum atomic E-state index is 11.7. The topological polar surface area (TPSA) is 85.1 Å². The minimum Gasteiger partial charge on any atom is -0.320 e. The Labute approximate surface area is 106 Å². The maximum absolute atomic E-state index is 11.7. The lowest BCUT2D eigenvalue weighted by Gasteiger charge is -2.04. The second-order valence-corrected chi connectivity index (χ2v) is 4.44. The van der Waals surface area contributed by atoms with Gasteiger partial charge in [-0.2, -0.15) is 0 Å². The fourth-order valence-electron chi connectivity index (χ4n) is 1.40. The summed E-state index contributed by atoms with van der Waals surface area (Å²) in [5, 5.41) is 15.3. The largest absolute Gasteiger partial charge is 0.320 e. The number of nitrogens with one attached hydrogen (secondary N) is 1. The molecule has 1 aromatic carbocycles. The Morgan fingerprint density at radius 3 is 2.89 bits per heavy atom. The van der Waals surface area contributed by atoms with E-state index in [4.69, 9.17) is 0 Å². The number of nitro groups is 1. The van der Waals surface area contributed by atoms with E-state index in [0.717, 1.165) is 0 Å². The van der Waals surface area contributed by atoms with Gasteiger partial charge in [0.1, 0.15) is 0 Å². The van der Waals surface area contributed by atoms with Gasteiger partial charge in [0.05, 0.1) is 4.92 Å². The van der Waals surface area contributed by atoms with Crippen molar-refractivity contribution < 1.29 is 9.72 Å². The number of aromatic nitrogens is 1. The quantitative estimate of drug-likeness (QED) is 0.681. The van der Waals surface area contributed by atoms with Crippen LogP contribution < -0.4 is 5.32 Å². The van der Waals surface area contributed by atoms with Gasteiger partial charge in [-0.1, -0.05) is 6.07 Å². The highest BCUT2D eigenvalue weighted by molar-refractivity contribution is 7.11. The van der Waals surface area contributed by atoms with Gasteiger partial charge >= 0.3 is 0 Å². The van der Waals surface area contributed by atoms with E-state index in [1.54, 1.807) is 24.4 Å². The Bertz CT molecular complexity index is 596. The van der Waals surface area contributed by atoms with Gasteiger partial charge in [-0.05, 0) is 13.0 Å². The first kappa shape index (κ1) is 12.2. The fraction of sp³-hybridized carbons (Fsp3) is 0.0909. The molecule has 0 radical (unpaired) electrons. The van der Waals surface area contributed by atoms with Crippen LogP contribution in [0.2, 0.25) is 0 Å². The number of thiazole rings is 1. The average molecular weight is 263 g/mol. The number of hydrogen-bond acceptors (Lipinski definition) is 5. The fourth-order valence-corrected chi connectivity index (χ4v) is 1.93. The van der Waals surface area contributed by atoms with Crippen molar-refractivity contribution in [3.63, 3.8) is 0 Å². The summed E-state index contributed by atoms with van der Waals surface area (Å²) in [5.74, 6) is -0.372. The molecule has 18 heavy (non-hydrogen) atoms. The lowest BCUT2D eigenvalue weighted by molar-refractivity contribution is -0.385. The Morgan fingerprint density at radius 2 is 2.28 bits per heavy atom. The zero-order valence-electron chi connectivity index (χ0n) is 9.41. The number of hydrogen-bond donors (Lipinski definition) is 1. The van der Waals surface area contributed by atoms with Crippen LogP contribution in [0.5, 0.6) is 0 Å². The molecule has 0 saturated carbocycles. The van der Waals surface area contributed by atoms with Crippen molar-refractivity contribution in [1.29, 1.82) is 0 Å². The van der Waals surface area contributed by atoms with E-state index >= 15 is 0 Å². The molecule has 1 amide bonds. The highest BCUT2D eigenvalue weighted by Gasteiger charge is 2.13. The molecule has 2 aromatic rings. The third-order valence-corrected chi connectivity index (χ3v) is 3.06. The SMILES string of the molecule is Cc1ccc(NC(=O)c2nccs2)cc1[N+](=O)[O-]. The first-order valence-corrected chi connectivity index (χ1v) is 5.92. The Hall–Kier alpha value is -2.28. The normalized spacial score (nSPS) is 10.1. The predicted molar refractivity (Wildman–Crippen MR) is 67.9 cm³/mol. The van der Waals surface area contributed by atoms with E-state index < -0.39 is 4.92 Å². The van der Waals surface area contributed by atoms with Crippen molar-refractivity contribution in [3.8, 4) is 0 Å². The van der Waals surface area contributed by atoms with Crippen LogP contribution in [0.1, 0.15) is 15.4 Å². The average Bonchev–Trinajstić information content (AvgIpc) is 2.85. The number of carbonyl (C=O) groups excluding carboxylic acids is 1. The number of rotatable bonds is 3. The molecule has 6 nitrogen and oxygen atoms in total. The van der Waals surface area contributed by atoms with Crippen LogP contribution in [0.4, 0.5) is 11.4 Å². The minimum atomic E-state index is -0.478. The van der Waals surface area contributed by atoms with E-state index in [0.29, 0.717) is 16.3 Å². The third-order valence-electron chi connectivity index (χ3n) is 2.29. The molecule has 0 spiro atoms. The maximum Gasteiger partial charge on any atom is 0.284 e. The van der Waals surface area contributed by atoms with E-state index in [2.05, 4.69) is 10.3 Å². The van der Waals surface area contributed by atoms with Crippen molar-refractivity contribution in [1.82, 2.24) is 4.98 Å². The highest BCUT2D eigenvalue weighted by atomic mass is 32.1. The molecule has 1 heterocycles. The van der Waals surface area contributed by atoms with Gasteiger partial charge in [-0.25, -0.2) is 4.98 Å². The summed E-state index contributed by atoms with van der Waals surface area (Å²) in [4.78, 5) is 25.9. The Kier molecular flexibility index (Phi) is 3.33. The van der Waals surface area contributed by atoms with Crippen LogP contribution in [0, 0.1) is 17.0 Å². The van der Waals surface area contributed by atoms with Crippen LogP contribution in [-0.2, 0) is 0 Å². The van der Waals surface area contributed by atoms with Gasteiger partial charge in [0.15, 0.2) is 5.01 Å². The summed E-state index contributed by atoms with van der Waals surface area (Å²) < 4.78 is 0. The molecule has 0 aliphatic heterocycles. The van der Waals surface area contributed by atoms with E-state index in [1.165, 1.54) is 23.6 Å². The number of carbonyl (C=O) groups is 1. The van der Waals surface area contributed by atoms with Gasteiger partial charge in [0.25, 0.3) is 11.6 Å². The zero-order valence-corrected chi connectivity index (χ0v) is 10.2. The number of benzene rings is 1. The lowest BCUT2D eigenvalue weighted by atomic mass is 10.2. The van der Waals surface area contributed by atoms with Crippen LogP contribution in [0.3, 0.4) is 0 Å². The monoisotopic (exact) mass is 263 g/mol. The second kappa shape index (κ2) is 4.92. The standard InChI is InChI=1S/C11H9N3O3S/c1-7-2-3-8(6-9(7)14(16)17)13-10(15)11-12-4-5-18-11/h2-6H,1H3,(H,13,15). The van der Waals surface area contributed by atoms with Crippen molar-refractivity contribution in [3.05, 3.63) is 50.5 Å². The van der Waals surface area contributed by atoms with Crippen molar-refractivity contribution >= 4 is 28.6 Å². The van der Waals surface area contributed by atoms with Crippen LogP contribution in [-0.4, -0.2) is 15.8 Å². The molecule has 7 heteroatoms. The van der Waals surface area contributed by atoms with Gasteiger partial charge < -0.3 is 5.32 Å². The summed E-state index contributed by atoms with van der Waals surface area (Å²) in [6.45, 7) is 1.64. The molecular weight excluding hydrogens is 254 g/mol. The minimum absolute atomic E-state index is 0.0214. The molecule has 0 aliphatic rings. The second-order valence-electron chi connectivity index (χ2n) is 3.55. The van der Waals surface area contributed by atoms with Crippen molar-refractivity contribution in [2.75, 3.05) is 5.32 Å². The van der Waals surface area contributed by atoms with Gasteiger partial charge in [0.2, 0.25) is 0 Å². The van der Waals surface area contributed by atoms with Crippen molar-refractivity contribution in [2.45, 2.75) is 6.92 Å². The molecule has 1 N–H and O–H groups in total. The first-order valence-electron chi connectivity index (χ1n) is 5.04. The summed E-state index contributed by atoms with van der Waals surface area (Å²) in [7, 11) is 0. The lowest BCUT2D eigenvalue weighted by Crippen LogP contribution is -2.11. The summed E-state index contributed by atoms with van der Waals surface area (Å²) >= 11 is 1.21. The van der Waals surface area contributed by atoms with Gasteiger partial charge in [0, 0.05) is 28.9 Å². The molecule has 0 bridgehead atoms. The molecule has 0 fully saturated rings. The van der Waals surface area contributed by atoms with Crippen LogP contribution in [0.15, 0.2) is 29.8 Å². The molecule has 0 saturated heterocycles. The molecular formula is C11H9N3O3S. The number of nitro benzene ring substituents is 1. The van der Waals surface area contributed by atoms with E-state index in [9.17, 15) is 14.9 Å².